The van der Waals surface area contributed by atoms with Crippen molar-refractivity contribution in [2.75, 3.05) is 11.9 Å². The number of nitrogens with zero attached hydrogens (tertiary/aromatic N) is 2. The van der Waals surface area contributed by atoms with Gasteiger partial charge >= 0.3 is 6.18 Å². The first-order valence-corrected chi connectivity index (χ1v) is 7.90. The normalized spacial score (nSPS) is 11.4. The summed E-state index contributed by atoms with van der Waals surface area (Å²) in [5.41, 5.74) is 0.0714. The molecule has 26 heavy (non-hydrogen) atoms. The minimum atomic E-state index is -4.63. The molecule has 0 saturated heterocycles. The molecule has 0 unspecified atom stereocenters. The fourth-order valence-corrected chi connectivity index (χ4v) is 2.52. The fraction of sp³-hybridized carbons (Fsp3) is 0.158. The lowest BCUT2D eigenvalue weighted by Gasteiger charge is -2.15. The predicted octanol–water partition coefficient (Wildman–Crippen LogP) is 4.96. The molecule has 0 aliphatic carbocycles. The Morgan fingerprint density at radius 1 is 0.962 bits per heavy atom. The van der Waals surface area contributed by atoms with E-state index in [-0.39, 0.29) is 16.9 Å². The van der Waals surface area contributed by atoms with Gasteiger partial charge in [-0.25, -0.2) is 9.37 Å². The van der Waals surface area contributed by atoms with Crippen LogP contribution in [-0.4, -0.2) is 16.5 Å². The summed E-state index contributed by atoms with van der Waals surface area (Å²) in [7, 11) is 0. The van der Waals surface area contributed by atoms with Crippen LogP contribution in [0.2, 0.25) is 0 Å². The molecule has 0 atom stereocenters. The Bertz CT molecular complexity index is 879. The predicted molar refractivity (Wildman–Crippen MR) is 91.1 cm³/mol. The topological polar surface area (TPSA) is 37.8 Å². The Morgan fingerprint density at radius 2 is 1.73 bits per heavy atom. The molecule has 0 saturated carbocycles. The smallest absolute Gasteiger partial charge is 0.383 e. The maximum atomic E-state index is 13.4. The SMILES string of the molecule is Fc1cncc(-c2ccc(NCCc3ccccc3)c(C(F)(F)F)n2)c1. The molecule has 1 aromatic carbocycles. The second kappa shape index (κ2) is 7.51. The van der Waals surface area contributed by atoms with E-state index in [1.54, 1.807) is 0 Å². The van der Waals surface area contributed by atoms with Gasteiger partial charge in [-0.05, 0) is 30.2 Å². The van der Waals surface area contributed by atoms with Crippen molar-refractivity contribution in [3.63, 3.8) is 0 Å². The summed E-state index contributed by atoms with van der Waals surface area (Å²) in [6, 6.07) is 13.3. The molecule has 3 aromatic rings. The van der Waals surface area contributed by atoms with Crippen LogP contribution in [0.5, 0.6) is 0 Å². The molecule has 2 aromatic heterocycles. The number of rotatable bonds is 5. The summed E-state index contributed by atoms with van der Waals surface area (Å²) in [5, 5.41) is 2.79. The van der Waals surface area contributed by atoms with E-state index in [4.69, 9.17) is 0 Å². The summed E-state index contributed by atoms with van der Waals surface area (Å²) in [6.45, 7) is 0.329. The van der Waals surface area contributed by atoms with Gasteiger partial charge in [0.25, 0.3) is 0 Å². The second-order valence-corrected chi connectivity index (χ2v) is 5.64. The van der Waals surface area contributed by atoms with Crippen LogP contribution in [0.25, 0.3) is 11.3 Å². The highest BCUT2D eigenvalue weighted by Gasteiger charge is 2.36. The zero-order valence-corrected chi connectivity index (χ0v) is 13.6. The van der Waals surface area contributed by atoms with Gasteiger partial charge in [-0.15, -0.1) is 0 Å². The van der Waals surface area contributed by atoms with Crippen molar-refractivity contribution >= 4 is 5.69 Å². The average Bonchev–Trinajstić information content (AvgIpc) is 2.62. The van der Waals surface area contributed by atoms with Crippen molar-refractivity contribution in [2.24, 2.45) is 0 Å². The van der Waals surface area contributed by atoms with E-state index in [0.717, 1.165) is 17.8 Å². The Labute approximate surface area is 147 Å². The fourth-order valence-electron chi connectivity index (χ4n) is 2.52. The molecule has 0 fully saturated rings. The first-order valence-electron chi connectivity index (χ1n) is 7.90. The molecule has 3 rings (SSSR count). The zero-order valence-electron chi connectivity index (χ0n) is 13.6. The van der Waals surface area contributed by atoms with E-state index < -0.39 is 17.7 Å². The van der Waals surface area contributed by atoms with Crippen LogP contribution in [0.15, 0.2) is 60.9 Å². The summed E-state index contributed by atoms with van der Waals surface area (Å²) >= 11 is 0. The van der Waals surface area contributed by atoms with Crippen LogP contribution in [0.1, 0.15) is 11.3 Å². The van der Waals surface area contributed by atoms with Crippen LogP contribution < -0.4 is 5.32 Å². The van der Waals surface area contributed by atoms with Crippen molar-refractivity contribution < 1.29 is 17.6 Å². The molecular formula is C19H15F4N3. The third kappa shape index (κ3) is 4.36. The number of alkyl halides is 3. The number of nitrogens with one attached hydrogen (secondary N) is 1. The van der Waals surface area contributed by atoms with E-state index in [2.05, 4.69) is 15.3 Å². The Morgan fingerprint density at radius 3 is 2.42 bits per heavy atom. The van der Waals surface area contributed by atoms with Crippen LogP contribution in [0.4, 0.5) is 23.2 Å². The van der Waals surface area contributed by atoms with Crippen molar-refractivity contribution in [3.8, 4) is 11.3 Å². The number of hydrogen-bond acceptors (Lipinski definition) is 3. The molecular weight excluding hydrogens is 346 g/mol. The lowest BCUT2D eigenvalue weighted by Crippen LogP contribution is -2.15. The number of aromatic nitrogens is 2. The van der Waals surface area contributed by atoms with Gasteiger partial charge in [0.05, 0.1) is 17.6 Å². The van der Waals surface area contributed by atoms with Gasteiger partial charge in [0.2, 0.25) is 0 Å². The molecule has 0 aliphatic rings. The third-order valence-electron chi connectivity index (χ3n) is 3.74. The number of halogens is 4. The van der Waals surface area contributed by atoms with Gasteiger partial charge in [0.15, 0.2) is 5.69 Å². The van der Waals surface area contributed by atoms with Crippen molar-refractivity contribution in [2.45, 2.75) is 12.6 Å². The Hall–Kier alpha value is -2.96. The monoisotopic (exact) mass is 361 g/mol. The molecule has 0 spiro atoms. The first-order chi connectivity index (χ1) is 12.4. The van der Waals surface area contributed by atoms with Crippen molar-refractivity contribution in [3.05, 3.63) is 78.0 Å². The lowest BCUT2D eigenvalue weighted by atomic mass is 10.1. The number of anilines is 1. The summed E-state index contributed by atoms with van der Waals surface area (Å²) in [4.78, 5) is 7.33. The van der Waals surface area contributed by atoms with Gasteiger partial charge in [0, 0.05) is 18.3 Å². The summed E-state index contributed by atoms with van der Waals surface area (Å²) in [6.07, 6.45) is -1.80. The lowest BCUT2D eigenvalue weighted by molar-refractivity contribution is -0.140. The third-order valence-corrected chi connectivity index (χ3v) is 3.74. The minimum Gasteiger partial charge on any atom is -0.383 e. The van der Waals surface area contributed by atoms with Crippen LogP contribution in [0.3, 0.4) is 0 Å². The highest BCUT2D eigenvalue weighted by Crippen LogP contribution is 2.35. The molecule has 134 valence electrons. The average molecular weight is 361 g/mol. The Kier molecular flexibility index (Phi) is 5.16. The summed E-state index contributed by atoms with van der Waals surface area (Å²) in [5.74, 6) is -0.636. The second-order valence-electron chi connectivity index (χ2n) is 5.64. The maximum Gasteiger partial charge on any atom is 0.435 e. The zero-order chi connectivity index (χ0) is 18.6. The van der Waals surface area contributed by atoms with Gasteiger partial charge in [-0.1, -0.05) is 30.3 Å². The maximum absolute atomic E-state index is 13.4. The molecule has 0 bridgehead atoms. The Balaban J connectivity index is 1.83. The number of benzene rings is 1. The molecule has 2 heterocycles. The summed E-state index contributed by atoms with van der Waals surface area (Å²) < 4.78 is 53.4. The van der Waals surface area contributed by atoms with Gasteiger partial charge in [-0.3, -0.25) is 4.98 Å². The highest BCUT2D eigenvalue weighted by molar-refractivity contribution is 5.62. The van der Waals surface area contributed by atoms with Crippen molar-refractivity contribution in [1.29, 1.82) is 0 Å². The largest absolute Gasteiger partial charge is 0.435 e. The number of hydrogen-bond donors (Lipinski definition) is 1. The molecule has 1 N–H and O–H groups in total. The van der Waals surface area contributed by atoms with E-state index in [1.807, 2.05) is 30.3 Å². The molecule has 3 nitrogen and oxygen atoms in total. The molecule has 0 amide bonds. The molecule has 0 aliphatic heterocycles. The van der Waals surface area contributed by atoms with E-state index >= 15 is 0 Å². The van der Waals surface area contributed by atoms with Crippen LogP contribution in [0, 0.1) is 5.82 Å². The number of pyridine rings is 2. The van der Waals surface area contributed by atoms with E-state index in [0.29, 0.717) is 13.0 Å². The van der Waals surface area contributed by atoms with Crippen molar-refractivity contribution in [1.82, 2.24) is 9.97 Å². The molecule has 0 radical (unpaired) electrons. The first kappa shape index (κ1) is 17.8. The van der Waals surface area contributed by atoms with Gasteiger partial charge in [-0.2, -0.15) is 13.2 Å². The van der Waals surface area contributed by atoms with E-state index in [9.17, 15) is 17.6 Å². The van der Waals surface area contributed by atoms with Crippen LogP contribution in [-0.2, 0) is 12.6 Å². The molecule has 7 heteroatoms. The van der Waals surface area contributed by atoms with Gasteiger partial charge < -0.3 is 5.32 Å². The van der Waals surface area contributed by atoms with E-state index in [1.165, 1.54) is 18.3 Å². The standard InChI is InChI=1S/C19H15F4N3/c20-15-10-14(11-24-12-15)16-6-7-17(18(26-16)19(21,22)23)25-9-8-13-4-2-1-3-5-13/h1-7,10-12,25H,8-9H2. The quantitative estimate of drug-likeness (QED) is 0.653. The minimum absolute atomic E-state index is 0.0120. The van der Waals surface area contributed by atoms with Gasteiger partial charge in [0.1, 0.15) is 5.82 Å². The highest BCUT2D eigenvalue weighted by atomic mass is 19.4. The van der Waals surface area contributed by atoms with Crippen LogP contribution >= 0.6 is 0 Å².